The van der Waals surface area contributed by atoms with Gasteiger partial charge in [0.1, 0.15) is 5.82 Å². The summed E-state index contributed by atoms with van der Waals surface area (Å²) < 4.78 is 6.63. The fourth-order valence-electron chi connectivity index (χ4n) is 2.81. The highest BCUT2D eigenvalue weighted by atomic mass is 16.5. The third kappa shape index (κ3) is 2.34. The number of ether oxygens (including phenoxy) is 1. The van der Waals surface area contributed by atoms with Crippen molar-refractivity contribution in [2.24, 2.45) is 5.92 Å². The molecule has 0 fully saturated rings. The molecular formula is C15H15N3O4. The molecule has 0 aliphatic carbocycles. The number of aromatic carboxylic acids is 1. The molecule has 1 aliphatic rings. The minimum absolute atomic E-state index is 0.00699. The van der Waals surface area contributed by atoms with Crippen LogP contribution in [0.3, 0.4) is 0 Å². The number of carboxylic acids is 1. The largest absolute Gasteiger partial charge is 0.476 e. The zero-order valence-corrected chi connectivity index (χ0v) is 12.0. The first-order valence-electron chi connectivity index (χ1n) is 6.92. The quantitative estimate of drug-likeness (QED) is 0.861. The van der Waals surface area contributed by atoms with Gasteiger partial charge < -0.3 is 14.4 Å². The number of rotatable bonds is 3. The number of methoxy groups -OCH3 is 1. The van der Waals surface area contributed by atoms with Gasteiger partial charge in [0.2, 0.25) is 0 Å². The van der Waals surface area contributed by atoms with Crippen molar-refractivity contribution in [3.8, 4) is 11.4 Å². The highest BCUT2D eigenvalue weighted by molar-refractivity contribution is 5.88. The van der Waals surface area contributed by atoms with Crippen LogP contribution in [0.4, 0.5) is 0 Å². The van der Waals surface area contributed by atoms with Gasteiger partial charge in [-0.1, -0.05) is 0 Å². The molecule has 0 bridgehead atoms. The summed E-state index contributed by atoms with van der Waals surface area (Å²) in [6.45, 7) is 0.527. The molecule has 3 rings (SSSR count). The molecule has 1 atom stereocenters. The van der Waals surface area contributed by atoms with Crippen molar-refractivity contribution in [2.75, 3.05) is 7.11 Å². The van der Waals surface area contributed by atoms with Crippen LogP contribution in [0.1, 0.15) is 22.6 Å². The molecule has 0 amide bonds. The van der Waals surface area contributed by atoms with Gasteiger partial charge in [0.15, 0.2) is 5.69 Å². The van der Waals surface area contributed by atoms with Crippen molar-refractivity contribution in [3.05, 3.63) is 35.9 Å². The van der Waals surface area contributed by atoms with Gasteiger partial charge >= 0.3 is 11.9 Å². The minimum atomic E-state index is -1.09. The highest BCUT2D eigenvalue weighted by Gasteiger charge is 2.32. The lowest BCUT2D eigenvalue weighted by Gasteiger charge is -2.23. The van der Waals surface area contributed by atoms with Gasteiger partial charge in [0, 0.05) is 30.9 Å². The van der Waals surface area contributed by atoms with Crippen LogP contribution in [-0.2, 0) is 22.5 Å². The fourth-order valence-corrected chi connectivity index (χ4v) is 2.81. The maximum absolute atomic E-state index is 11.7. The maximum atomic E-state index is 11.7. The molecule has 3 heterocycles. The molecule has 0 radical (unpaired) electrons. The molecule has 1 aliphatic heterocycles. The summed E-state index contributed by atoms with van der Waals surface area (Å²) in [5, 5.41) is 9.38. The van der Waals surface area contributed by atoms with E-state index in [1.165, 1.54) is 7.11 Å². The Bertz CT molecular complexity index is 724. The van der Waals surface area contributed by atoms with Gasteiger partial charge in [-0.25, -0.2) is 9.78 Å². The Balaban J connectivity index is 2.07. The van der Waals surface area contributed by atoms with Gasteiger partial charge in [0.05, 0.1) is 18.7 Å². The SMILES string of the molecule is COC(=O)C1CCn2c(-c3cccnc3)nc(C(=O)O)c2C1. The van der Waals surface area contributed by atoms with Crippen LogP contribution in [0.25, 0.3) is 11.4 Å². The smallest absolute Gasteiger partial charge is 0.356 e. The van der Waals surface area contributed by atoms with Crippen LogP contribution in [0.15, 0.2) is 24.5 Å². The first kappa shape index (κ1) is 14.2. The average molecular weight is 301 g/mol. The van der Waals surface area contributed by atoms with Crippen molar-refractivity contribution < 1.29 is 19.4 Å². The number of aromatic nitrogens is 3. The maximum Gasteiger partial charge on any atom is 0.356 e. The second-order valence-electron chi connectivity index (χ2n) is 5.14. The summed E-state index contributed by atoms with van der Waals surface area (Å²) in [5.74, 6) is -1.16. The molecule has 0 spiro atoms. The topological polar surface area (TPSA) is 94.3 Å². The predicted molar refractivity (Wildman–Crippen MR) is 76.2 cm³/mol. The van der Waals surface area contributed by atoms with Gasteiger partial charge in [-0.15, -0.1) is 0 Å². The molecule has 0 aromatic carbocycles. The van der Waals surface area contributed by atoms with Crippen molar-refractivity contribution in [1.82, 2.24) is 14.5 Å². The van der Waals surface area contributed by atoms with E-state index in [0.717, 1.165) is 5.56 Å². The number of nitrogens with zero attached hydrogens (tertiary/aromatic N) is 3. The van der Waals surface area contributed by atoms with Crippen LogP contribution in [0.2, 0.25) is 0 Å². The van der Waals surface area contributed by atoms with E-state index < -0.39 is 5.97 Å². The van der Waals surface area contributed by atoms with Crippen molar-refractivity contribution in [2.45, 2.75) is 19.4 Å². The number of pyridine rings is 1. The molecule has 0 saturated carbocycles. The summed E-state index contributed by atoms with van der Waals surface area (Å²) in [4.78, 5) is 31.5. The number of hydrogen-bond acceptors (Lipinski definition) is 5. The van der Waals surface area contributed by atoms with E-state index >= 15 is 0 Å². The summed E-state index contributed by atoms with van der Waals surface area (Å²) in [6.07, 6.45) is 4.21. The lowest BCUT2D eigenvalue weighted by molar-refractivity contribution is -0.146. The fraction of sp³-hybridized carbons (Fsp3) is 0.333. The molecule has 22 heavy (non-hydrogen) atoms. The standard InChI is InChI=1S/C15H15N3O4/c1-22-15(21)9-4-6-18-11(7-9)12(14(19)20)17-13(18)10-3-2-5-16-8-10/h2-3,5,8-9H,4,6-7H2,1H3,(H,19,20). The second kappa shape index (κ2) is 5.59. The van der Waals surface area contributed by atoms with E-state index in [1.54, 1.807) is 18.5 Å². The van der Waals surface area contributed by atoms with Crippen LogP contribution in [0, 0.1) is 5.92 Å². The molecule has 1 unspecified atom stereocenters. The third-order valence-electron chi connectivity index (χ3n) is 3.87. The normalized spacial score (nSPS) is 16.9. The second-order valence-corrected chi connectivity index (χ2v) is 5.14. The van der Waals surface area contributed by atoms with Gasteiger partial charge in [-0.05, 0) is 18.6 Å². The minimum Gasteiger partial charge on any atom is -0.476 e. The predicted octanol–water partition coefficient (Wildman–Crippen LogP) is 1.38. The number of fused-ring (bicyclic) bond motifs is 1. The lowest BCUT2D eigenvalue weighted by Crippen LogP contribution is -2.27. The Kier molecular flexibility index (Phi) is 3.62. The van der Waals surface area contributed by atoms with E-state index in [0.29, 0.717) is 30.9 Å². The number of carboxylic acid groups (broad SMARTS) is 1. The number of hydrogen-bond donors (Lipinski definition) is 1. The van der Waals surface area contributed by atoms with Crippen LogP contribution in [-0.4, -0.2) is 38.7 Å². The summed E-state index contributed by atoms with van der Waals surface area (Å²) in [6, 6.07) is 3.61. The van der Waals surface area contributed by atoms with Crippen LogP contribution >= 0.6 is 0 Å². The van der Waals surface area contributed by atoms with Crippen LogP contribution < -0.4 is 0 Å². The molecule has 0 saturated heterocycles. The van der Waals surface area contributed by atoms with E-state index in [9.17, 15) is 14.7 Å². The summed E-state index contributed by atoms with van der Waals surface area (Å²) >= 11 is 0. The molecule has 2 aromatic heterocycles. The summed E-state index contributed by atoms with van der Waals surface area (Å²) in [7, 11) is 1.34. The van der Waals surface area contributed by atoms with Gasteiger partial charge in [0.25, 0.3) is 0 Å². The number of carbonyl (C=O) groups excluding carboxylic acids is 1. The van der Waals surface area contributed by atoms with Crippen LogP contribution in [0.5, 0.6) is 0 Å². The Morgan fingerprint density at radius 3 is 2.91 bits per heavy atom. The number of imidazole rings is 1. The lowest BCUT2D eigenvalue weighted by atomic mass is 9.95. The first-order valence-corrected chi connectivity index (χ1v) is 6.92. The molecule has 1 N–H and O–H groups in total. The molecule has 7 nitrogen and oxygen atoms in total. The molecule has 7 heteroatoms. The first-order chi connectivity index (χ1) is 10.6. The van der Waals surface area contributed by atoms with E-state index in [2.05, 4.69) is 9.97 Å². The third-order valence-corrected chi connectivity index (χ3v) is 3.87. The van der Waals surface area contributed by atoms with E-state index in [-0.39, 0.29) is 17.6 Å². The zero-order chi connectivity index (χ0) is 15.7. The van der Waals surface area contributed by atoms with E-state index in [4.69, 9.17) is 4.74 Å². The Morgan fingerprint density at radius 1 is 1.45 bits per heavy atom. The summed E-state index contributed by atoms with van der Waals surface area (Å²) in [5.41, 5.74) is 1.31. The Labute approximate surface area is 126 Å². The molecular weight excluding hydrogens is 286 g/mol. The number of carbonyl (C=O) groups is 2. The van der Waals surface area contributed by atoms with Crippen molar-refractivity contribution >= 4 is 11.9 Å². The number of esters is 1. The molecule has 114 valence electrons. The molecule has 2 aromatic rings. The van der Waals surface area contributed by atoms with Crippen molar-refractivity contribution in [1.29, 1.82) is 0 Å². The Hall–Kier alpha value is -2.70. The van der Waals surface area contributed by atoms with Crippen molar-refractivity contribution in [3.63, 3.8) is 0 Å². The highest BCUT2D eigenvalue weighted by Crippen LogP contribution is 2.30. The average Bonchev–Trinajstić information content (AvgIpc) is 2.94. The Morgan fingerprint density at radius 2 is 2.27 bits per heavy atom. The zero-order valence-electron chi connectivity index (χ0n) is 12.0. The van der Waals surface area contributed by atoms with Gasteiger partial charge in [-0.2, -0.15) is 0 Å². The van der Waals surface area contributed by atoms with Gasteiger partial charge in [-0.3, -0.25) is 9.78 Å². The van der Waals surface area contributed by atoms with E-state index in [1.807, 2.05) is 10.6 Å². The monoisotopic (exact) mass is 301 g/mol.